The van der Waals surface area contributed by atoms with Gasteiger partial charge in [0, 0.05) is 54.6 Å². The maximum atomic E-state index is 5.37. The third kappa shape index (κ3) is 6.06. The van der Waals surface area contributed by atoms with Gasteiger partial charge in [0.15, 0.2) is 0 Å². The molecule has 0 aliphatic carbocycles. The first-order valence-electron chi connectivity index (χ1n) is 23.6. The van der Waals surface area contributed by atoms with Crippen LogP contribution in [-0.2, 0) is 0 Å². The van der Waals surface area contributed by atoms with Gasteiger partial charge in [-0.05, 0) is 77.9 Å². The largest absolute Gasteiger partial charge is 0.309 e. The molecule has 0 radical (unpaired) electrons. The van der Waals surface area contributed by atoms with E-state index in [0.717, 1.165) is 83.9 Å². The van der Waals surface area contributed by atoms with Gasteiger partial charge in [0.25, 0.3) is 0 Å². The molecule has 0 atom stereocenters. The summed E-state index contributed by atoms with van der Waals surface area (Å²) < 4.78 is 7.42. The van der Waals surface area contributed by atoms with Crippen LogP contribution in [-0.4, -0.2) is 18.7 Å². The Hall–Kier alpha value is -9.25. The molecule has 0 unspecified atom stereocenters. The van der Waals surface area contributed by atoms with E-state index in [4.69, 9.17) is 4.98 Å². The van der Waals surface area contributed by atoms with Crippen molar-refractivity contribution < 1.29 is 0 Å². The lowest BCUT2D eigenvalue weighted by atomic mass is 9.90. The Morgan fingerprint density at radius 3 is 1.16 bits per heavy atom. The highest BCUT2D eigenvalue weighted by molar-refractivity contribution is 6.17. The van der Waals surface area contributed by atoms with Gasteiger partial charge < -0.3 is 13.7 Å². The summed E-state index contributed by atoms with van der Waals surface area (Å²) in [5, 5.41) is 7.35. The number of pyridine rings is 1. The molecule has 0 amide bonds. The van der Waals surface area contributed by atoms with Crippen LogP contribution in [0.15, 0.2) is 255 Å². The normalized spacial score (nSPS) is 11.8. The minimum Gasteiger partial charge on any atom is -0.309 e. The van der Waals surface area contributed by atoms with Gasteiger partial charge in [0.05, 0.1) is 61.6 Å². The van der Waals surface area contributed by atoms with Crippen molar-refractivity contribution in [2.45, 2.75) is 0 Å². The molecule has 10 aromatic carbocycles. The number of para-hydroxylation sites is 6. The first kappa shape index (κ1) is 39.0. The molecular weight excluding hydrogens is 837 g/mol. The van der Waals surface area contributed by atoms with Crippen LogP contribution in [0.1, 0.15) is 0 Å². The monoisotopic (exact) mass is 878 g/mol. The summed E-state index contributed by atoms with van der Waals surface area (Å²) in [4.78, 5) is 5.37. The quantitative estimate of drug-likeness (QED) is 0.157. The van der Waals surface area contributed by atoms with E-state index >= 15 is 0 Å². The van der Waals surface area contributed by atoms with Crippen LogP contribution in [0.2, 0.25) is 0 Å². The van der Waals surface area contributed by atoms with E-state index in [2.05, 4.69) is 268 Å². The fourth-order valence-corrected chi connectivity index (χ4v) is 11.1. The molecular formula is C65H42N4. The molecule has 0 fully saturated rings. The molecule has 4 heteroatoms. The van der Waals surface area contributed by atoms with Crippen LogP contribution >= 0.6 is 0 Å². The van der Waals surface area contributed by atoms with Crippen molar-refractivity contribution in [3.05, 3.63) is 255 Å². The van der Waals surface area contributed by atoms with Crippen molar-refractivity contribution in [3.63, 3.8) is 0 Å². The van der Waals surface area contributed by atoms with Gasteiger partial charge >= 0.3 is 0 Å². The van der Waals surface area contributed by atoms with Crippen molar-refractivity contribution in [3.8, 4) is 61.8 Å². The van der Waals surface area contributed by atoms with E-state index in [0.29, 0.717) is 0 Å². The molecule has 0 aliphatic heterocycles. The molecule has 14 rings (SSSR count). The molecule has 0 N–H and O–H groups in total. The molecule has 4 nitrogen and oxygen atoms in total. The van der Waals surface area contributed by atoms with E-state index in [-0.39, 0.29) is 0 Å². The van der Waals surface area contributed by atoms with Gasteiger partial charge in [-0.25, -0.2) is 4.98 Å². The summed E-state index contributed by atoms with van der Waals surface area (Å²) in [7, 11) is 0. The van der Waals surface area contributed by atoms with E-state index in [9.17, 15) is 0 Å². The number of hydrogen-bond acceptors (Lipinski definition) is 1. The minimum atomic E-state index is 0.920. The molecule has 69 heavy (non-hydrogen) atoms. The highest BCUT2D eigenvalue weighted by Gasteiger charge is 2.25. The van der Waals surface area contributed by atoms with Gasteiger partial charge in [-0.1, -0.05) is 188 Å². The Morgan fingerprint density at radius 1 is 0.246 bits per heavy atom. The van der Waals surface area contributed by atoms with Gasteiger partial charge in [-0.15, -0.1) is 0 Å². The van der Waals surface area contributed by atoms with Crippen molar-refractivity contribution in [2.75, 3.05) is 0 Å². The number of fused-ring (bicyclic) bond motifs is 9. The summed E-state index contributed by atoms with van der Waals surface area (Å²) in [6.07, 6.45) is 0. The molecule has 0 bridgehead atoms. The second kappa shape index (κ2) is 15.7. The Kier molecular flexibility index (Phi) is 8.86. The molecule has 0 saturated carbocycles. The van der Waals surface area contributed by atoms with Gasteiger partial charge in [0.2, 0.25) is 0 Å². The standard InChI is InChI=1S/C65H42N4/c1-3-21-43(22-4-1)53-41-45(42-54(66-53)44-23-5-2-6-24-44)64-51(31-19-38-61(64)67-55-32-13-7-25-46(55)47-26-8-14-33-56(47)67)50-29-11-17-36-59(50)69-60-37-18-12-30-52(60)65-62(39-20-40-63(65)69)68-57-34-15-9-27-48(57)49-28-10-16-35-58(49)68/h1-42H. The molecule has 4 aromatic heterocycles. The zero-order valence-electron chi connectivity index (χ0n) is 37.5. The van der Waals surface area contributed by atoms with Gasteiger partial charge in [0.1, 0.15) is 0 Å². The number of nitrogens with zero attached hydrogens (tertiary/aromatic N) is 4. The van der Waals surface area contributed by atoms with E-state index in [1.54, 1.807) is 0 Å². The van der Waals surface area contributed by atoms with Gasteiger partial charge in [-0.3, -0.25) is 0 Å². The Labute approximate surface area is 398 Å². The Balaban J connectivity index is 1.09. The first-order valence-corrected chi connectivity index (χ1v) is 23.6. The molecule has 0 spiro atoms. The van der Waals surface area contributed by atoms with Gasteiger partial charge in [-0.2, -0.15) is 0 Å². The van der Waals surface area contributed by atoms with Crippen LogP contribution in [0.5, 0.6) is 0 Å². The number of hydrogen-bond donors (Lipinski definition) is 0. The van der Waals surface area contributed by atoms with E-state index < -0.39 is 0 Å². The van der Waals surface area contributed by atoms with Crippen LogP contribution in [0, 0.1) is 0 Å². The lowest BCUT2D eigenvalue weighted by molar-refractivity contribution is 1.16. The predicted octanol–water partition coefficient (Wildman–Crippen LogP) is 17.0. The average Bonchev–Trinajstić information content (AvgIpc) is 4.07. The van der Waals surface area contributed by atoms with Crippen molar-refractivity contribution >= 4 is 65.4 Å². The topological polar surface area (TPSA) is 27.7 Å². The third-order valence-corrected chi connectivity index (χ3v) is 14.0. The minimum absolute atomic E-state index is 0.920. The van der Waals surface area contributed by atoms with E-state index in [1.165, 1.54) is 43.4 Å². The third-order valence-electron chi connectivity index (χ3n) is 14.0. The second-order valence-corrected chi connectivity index (χ2v) is 17.8. The average molecular weight is 879 g/mol. The zero-order chi connectivity index (χ0) is 45.4. The summed E-state index contributed by atoms with van der Waals surface area (Å²) in [6.45, 7) is 0. The highest BCUT2D eigenvalue weighted by atomic mass is 15.0. The predicted molar refractivity (Wildman–Crippen MR) is 289 cm³/mol. The fourth-order valence-electron chi connectivity index (χ4n) is 11.1. The van der Waals surface area contributed by atoms with Crippen LogP contribution in [0.4, 0.5) is 0 Å². The van der Waals surface area contributed by atoms with Crippen molar-refractivity contribution in [1.82, 2.24) is 18.7 Å². The lowest BCUT2D eigenvalue weighted by Gasteiger charge is -2.22. The maximum absolute atomic E-state index is 5.37. The molecule has 14 aromatic rings. The smallest absolute Gasteiger partial charge is 0.0715 e. The number of rotatable bonds is 7. The van der Waals surface area contributed by atoms with Crippen molar-refractivity contribution in [1.29, 1.82) is 0 Å². The van der Waals surface area contributed by atoms with Crippen LogP contribution in [0.25, 0.3) is 127 Å². The zero-order valence-corrected chi connectivity index (χ0v) is 37.5. The Bertz CT molecular complexity index is 4140. The summed E-state index contributed by atoms with van der Waals surface area (Å²) >= 11 is 0. The molecule has 0 saturated heterocycles. The fraction of sp³-hybridized carbons (Fsp3) is 0. The number of aromatic nitrogens is 4. The molecule has 322 valence electrons. The van der Waals surface area contributed by atoms with Crippen molar-refractivity contribution in [2.24, 2.45) is 0 Å². The number of benzene rings is 10. The van der Waals surface area contributed by atoms with Crippen LogP contribution in [0.3, 0.4) is 0 Å². The highest BCUT2D eigenvalue weighted by Crippen LogP contribution is 2.46. The lowest BCUT2D eigenvalue weighted by Crippen LogP contribution is -2.03. The summed E-state index contributed by atoms with van der Waals surface area (Å²) in [5.41, 5.74) is 18.8. The van der Waals surface area contributed by atoms with Crippen LogP contribution < -0.4 is 0 Å². The second-order valence-electron chi connectivity index (χ2n) is 17.8. The Morgan fingerprint density at radius 2 is 0.609 bits per heavy atom. The summed E-state index contributed by atoms with van der Waals surface area (Å²) in [5.74, 6) is 0. The molecule has 0 aliphatic rings. The van der Waals surface area contributed by atoms with E-state index in [1.807, 2.05) is 0 Å². The molecule has 4 heterocycles. The summed E-state index contributed by atoms with van der Waals surface area (Å²) in [6, 6.07) is 92.4. The SMILES string of the molecule is c1ccc(-c2cc(-c3c(-c4ccccc4-n4c5ccccc5c5c(-n6c7ccccc7c7ccccc76)cccc54)cccc3-n3c4ccccc4c4ccccc43)cc(-c3ccccc3)n2)cc1. The first-order chi connectivity index (χ1) is 34.3. The maximum Gasteiger partial charge on any atom is 0.0715 e.